The van der Waals surface area contributed by atoms with Gasteiger partial charge in [-0.05, 0) is 70.6 Å². The normalized spacial score (nSPS) is 13.7. The number of hydrogen-bond acceptors (Lipinski definition) is 3. The molecule has 0 aliphatic rings. The Morgan fingerprint density at radius 3 is 1.37 bits per heavy atom. The molecule has 0 spiro atoms. The fraction of sp³-hybridized carbons (Fsp3) is 0.723. The lowest BCUT2D eigenvalue weighted by atomic mass is 10.0. The average Bonchev–Trinajstić information content (AvgIpc) is 3.13. The van der Waals surface area contributed by atoms with Gasteiger partial charge >= 0.3 is 0 Å². The molecule has 3 N–H and O–H groups in total. The van der Waals surface area contributed by atoms with E-state index in [1.807, 2.05) is 6.08 Å². The van der Waals surface area contributed by atoms with Crippen molar-refractivity contribution in [3.05, 3.63) is 72.9 Å². The van der Waals surface area contributed by atoms with Crippen molar-refractivity contribution in [2.24, 2.45) is 0 Å². The van der Waals surface area contributed by atoms with Crippen molar-refractivity contribution < 1.29 is 15.0 Å². The molecule has 0 aromatic heterocycles. The van der Waals surface area contributed by atoms with Crippen LogP contribution in [0.3, 0.4) is 0 Å². The maximum Gasteiger partial charge on any atom is 0.220 e. The summed E-state index contributed by atoms with van der Waals surface area (Å²) in [5.74, 6) is -0.0787. The fourth-order valence-corrected chi connectivity index (χ4v) is 6.13. The molecule has 1 amide bonds. The lowest BCUT2D eigenvalue weighted by Crippen LogP contribution is -2.45. The predicted molar refractivity (Wildman–Crippen MR) is 225 cm³/mol. The van der Waals surface area contributed by atoms with Crippen LogP contribution in [0.4, 0.5) is 0 Å². The van der Waals surface area contributed by atoms with Gasteiger partial charge in [-0.25, -0.2) is 0 Å². The van der Waals surface area contributed by atoms with Crippen molar-refractivity contribution in [1.82, 2.24) is 5.32 Å². The molecule has 0 aromatic rings. The highest BCUT2D eigenvalue weighted by molar-refractivity contribution is 5.76. The predicted octanol–water partition coefficient (Wildman–Crippen LogP) is 13.5. The van der Waals surface area contributed by atoms with Gasteiger partial charge in [0.1, 0.15) is 0 Å². The highest BCUT2D eigenvalue weighted by Gasteiger charge is 2.17. The largest absolute Gasteiger partial charge is 0.394 e. The fourth-order valence-electron chi connectivity index (χ4n) is 6.13. The molecule has 0 aliphatic carbocycles. The Hall–Kier alpha value is -2.17. The number of unbranched alkanes of at least 4 members (excludes halogenated alkanes) is 21. The summed E-state index contributed by atoms with van der Waals surface area (Å²) in [4.78, 5) is 12.4. The molecule has 294 valence electrons. The molecule has 0 saturated heterocycles. The van der Waals surface area contributed by atoms with E-state index < -0.39 is 12.1 Å². The minimum absolute atomic E-state index is 0.0787. The van der Waals surface area contributed by atoms with Crippen molar-refractivity contribution in [2.75, 3.05) is 6.61 Å². The van der Waals surface area contributed by atoms with Gasteiger partial charge in [0, 0.05) is 6.42 Å². The summed E-state index contributed by atoms with van der Waals surface area (Å²) in [5.41, 5.74) is 0. The minimum atomic E-state index is -0.863. The van der Waals surface area contributed by atoms with Gasteiger partial charge in [-0.3, -0.25) is 4.79 Å². The lowest BCUT2D eigenvalue weighted by Gasteiger charge is -2.19. The Balaban J connectivity index is 3.56. The van der Waals surface area contributed by atoms with Crippen LogP contribution < -0.4 is 5.32 Å². The Kier molecular flexibility index (Phi) is 40.4. The molecule has 0 bridgehead atoms. The van der Waals surface area contributed by atoms with Crippen LogP contribution in [-0.4, -0.2) is 34.9 Å². The molecular formula is C47H83NO3. The second kappa shape index (κ2) is 42.2. The van der Waals surface area contributed by atoms with Gasteiger partial charge in [0.05, 0.1) is 18.8 Å². The monoisotopic (exact) mass is 710 g/mol. The summed E-state index contributed by atoms with van der Waals surface area (Å²) >= 11 is 0. The van der Waals surface area contributed by atoms with E-state index in [4.69, 9.17) is 0 Å². The molecule has 4 nitrogen and oxygen atoms in total. The molecule has 0 heterocycles. The van der Waals surface area contributed by atoms with Crippen molar-refractivity contribution in [1.29, 1.82) is 0 Å². The van der Waals surface area contributed by atoms with Crippen LogP contribution in [0.1, 0.15) is 200 Å². The Morgan fingerprint density at radius 2 is 0.882 bits per heavy atom. The number of aliphatic hydroxyl groups excluding tert-OH is 2. The van der Waals surface area contributed by atoms with E-state index in [9.17, 15) is 15.0 Å². The van der Waals surface area contributed by atoms with Gasteiger partial charge in [0.2, 0.25) is 5.91 Å². The van der Waals surface area contributed by atoms with Crippen LogP contribution in [0.2, 0.25) is 0 Å². The number of hydrogen-bond donors (Lipinski definition) is 3. The molecule has 51 heavy (non-hydrogen) atoms. The summed E-state index contributed by atoms with van der Waals surface area (Å²) in [5, 5.41) is 22.9. The van der Waals surface area contributed by atoms with E-state index in [-0.39, 0.29) is 12.5 Å². The Morgan fingerprint density at radius 1 is 0.490 bits per heavy atom. The van der Waals surface area contributed by atoms with Crippen molar-refractivity contribution in [3.63, 3.8) is 0 Å². The van der Waals surface area contributed by atoms with Crippen molar-refractivity contribution in [2.45, 2.75) is 212 Å². The molecule has 0 radical (unpaired) electrons. The first kappa shape index (κ1) is 48.8. The maximum absolute atomic E-state index is 12.4. The molecule has 0 rings (SSSR count). The zero-order valence-corrected chi connectivity index (χ0v) is 33.6. The molecule has 2 atom stereocenters. The van der Waals surface area contributed by atoms with Crippen LogP contribution in [0.15, 0.2) is 72.9 Å². The number of carbonyl (C=O) groups is 1. The first-order valence-electron chi connectivity index (χ1n) is 21.7. The molecule has 0 saturated carbocycles. The smallest absolute Gasteiger partial charge is 0.220 e. The molecule has 0 aromatic carbocycles. The third-order valence-corrected chi connectivity index (χ3v) is 9.42. The number of amides is 1. The first-order valence-corrected chi connectivity index (χ1v) is 21.7. The van der Waals surface area contributed by atoms with Crippen LogP contribution in [0, 0.1) is 0 Å². The van der Waals surface area contributed by atoms with Gasteiger partial charge in [-0.2, -0.15) is 0 Å². The topological polar surface area (TPSA) is 69.6 Å². The number of nitrogens with one attached hydrogen (secondary N) is 1. The molecule has 0 aliphatic heterocycles. The van der Waals surface area contributed by atoms with E-state index in [1.165, 1.54) is 122 Å². The molecular weight excluding hydrogens is 627 g/mol. The summed E-state index contributed by atoms with van der Waals surface area (Å²) < 4.78 is 0. The summed E-state index contributed by atoms with van der Waals surface area (Å²) in [6.07, 6.45) is 60.1. The molecule has 4 heteroatoms. The summed E-state index contributed by atoms with van der Waals surface area (Å²) in [7, 11) is 0. The van der Waals surface area contributed by atoms with E-state index >= 15 is 0 Å². The Labute approximate surface area is 317 Å². The molecule has 0 fully saturated rings. The minimum Gasteiger partial charge on any atom is -0.394 e. The van der Waals surface area contributed by atoms with Gasteiger partial charge < -0.3 is 15.5 Å². The summed E-state index contributed by atoms with van der Waals surface area (Å²) in [6, 6.07) is -0.640. The van der Waals surface area contributed by atoms with E-state index in [1.54, 1.807) is 6.08 Å². The highest BCUT2D eigenvalue weighted by Crippen LogP contribution is 2.14. The van der Waals surface area contributed by atoms with Gasteiger partial charge in [0.15, 0.2) is 0 Å². The number of rotatable bonds is 38. The van der Waals surface area contributed by atoms with Crippen LogP contribution in [0.5, 0.6) is 0 Å². The second-order valence-corrected chi connectivity index (χ2v) is 14.4. The first-order chi connectivity index (χ1) is 25.2. The van der Waals surface area contributed by atoms with Crippen LogP contribution in [0.25, 0.3) is 0 Å². The maximum atomic E-state index is 12.4. The van der Waals surface area contributed by atoms with Crippen molar-refractivity contribution >= 4 is 5.91 Å². The van der Waals surface area contributed by atoms with E-state index in [2.05, 4.69) is 79.9 Å². The lowest BCUT2D eigenvalue weighted by molar-refractivity contribution is -0.123. The van der Waals surface area contributed by atoms with Gasteiger partial charge in [0.25, 0.3) is 0 Å². The van der Waals surface area contributed by atoms with Crippen LogP contribution >= 0.6 is 0 Å². The van der Waals surface area contributed by atoms with Crippen LogP contribution in [-0.2, 0) is 4.79 Å². The highest BCUT2D eigenvalue weighted by atomic mass is 16.3. The third-order valence-electron chi connectivity index (χ3n) is 9.42. The standard InChI is InChI=1S/C47H83NO3/c1-3-5-7-9-11-13-15-17-18-19-20-21-22-23-24-25-26-27-28-29-30-31-33-35-37-39-41-43-47(51)48-45(44-49)46(50)42-40-38-36-34-32-16-14-12-10-8-6-4-2/h5,7,11,13,17-18,20-21,32,34,40,42,45-46,49-50H,3-4,6,8-10,12,14-16,19,22-31,33,35-39,41,43-44H2,1-2H3,(H,48,51)/b7-5-,13-11-,18-17-,21-20-,34-32+,42-40+. The van der Waals surface area contributed by atoms with Gasteiger partial charge in [-0.1, -0.05) is 196 Å². The molecule has 2 unspecified atom stereocenters. The average molecular weight is 710 g/mol. The van der Waals surface area contributed by atoms with E-state index in [0.29, 0.717) is 6.42 Å². The van der Waals surface area contributed by atoms with Gasteiger partial charge in [-0.15, -0.1) is 0 Å². The second-order valence-electron chi connectivity index (χ2n) is 14.4. The SMILES string of the molecule is CC/C=C\C/C=C\C/C=C\C/C=C\CCCCCCCCCCCCCCCCC(=O)NC(CO)C(O)/C=C/CC/C=C/CCCCCCCC. The number of carbonyl (C=O) groups excluding carboxylic acids is 1. The zero-order chi connectivity index (χ0) is 37.1. The number of allylic oxidation sites excluding steroid dienone is 11. The summed E-state index contributed by atoms with van der Waals surface area (Å²) in [6.45, 7) is 4.16. The van der Waals surface area contributed by atoms with E-state index in [0.717, 1.165) is 57.8 Å². The zero-order valence-electron chi connectivity index (χ0n) is 33.6. The number of aliphatic hydroxyl groups is 2. The third kappa shape index (κ3) is 38.9. The quantitative estimate of drug-likeness (QED) is 0.0441. The Bertz CT molecular complexity index is 899. The van der Waals surface area contributed by atoms with Crippen molar-refractivity contribution in [3.8, 4) is 0 Å².